The van der Waals surface area contributed by atoms with Gasteiger partial charge in [-0.1, -0.05) is 0 Å². The van der Waals surface area contributed by atoms with Crippen molar-refractivity contribution in [2.45, 2.75) is 0 Å². The van der Waals surface area contributed by atoms with Gasteiger partial charge >= 0.3 is 77.6 Å². The van der Waals surface area contributed by atoms with Crippen molar-refractivity contribution in [1.82, 2.24) is 0 Å². The minimum absolute atomic E-state index is 0. The van der Waals surface area contributed by atoms with Crippen LogP contribution in [0.15, 0.2) is 0 Å². The number of hydrogen-bond acceptors (Lipinski definition) is 5. The first-order valence-electron chi connectivity index (χ1n) is 1.88. The van der Waals surface area contributed by atoms with E-state index in [2.05, 4.69) is 9.47 Å². The maximum absolute atomic E-state index is 9.86. The van der Waals surface area contributed by atoms with Crippen molar-refractivity contribution in [1.29, 1.82) is 0 Å². The molecule has 0 atom stereocenters. The zero-order valence-electron chi connectivity index (χ0n) is 9.10. The van der Waals surface area contributed by atoms with E-state index in [1.165, 1.54) is 0 Å². The van der Waals surface area contributed by atoms with Gasteiger partial charge in [-0.15, -0.1) is 0 Å². The van der Waals surface area contributed by atoms with Gasteiger partial charge in [0.2, 0.25) is 0 Å². The summed E-state index contributed by atoms with van der Waals surface area (Å²) >= 11 is 0. The second kappa shape index (κ2) is 16.6. The number of carbonyl (C=O) groups is 3. The molecule has 0 aliphatic carbocycles. The van der Waals surface area contributed by atoms with E-state index >= 15 is 0 Å². The predicted octanol–water partition coefficient (Wildman–Crippen LogP) is -5.28. The predicted molar refractivity (Wildman–Crippen MR) is 25.8 cm³/mol. The molecule has 0 aromatic carbocycles. The summed E-state index contributed by atoms with van der Waals surface area (Å²) < 4.78 is 6.47. The van der Waals surface area contributed by atoms with Gasteiger partial charge in [-0.3, -0.25) is 0 Å². The van der Waals surface area contributed by atoms with Crippen LogP contribution in [0.1, 0.15) is 2.85 Å². The van der Waals surface area contributed by atoms with Gasteiger partial charge in [0.15, 0.2) is 0 Å². The van der Waals surface area contributed by atoms with Gasteiger partial charge in [0, 0.05) is 33.6 Å². The molecule has 0 saturated heterocycles. The molecule has 0 rings (SSSR count). The van der Waals surface area contributed by atoms with Gasteiger partial charge in [0.25, 0.3) is 0 Å². The molecule has 11 heteroatoms. The molecule has 0 unspecified atom stereocenters. The normalized spacial score (nSPS) is 5.71. The number of ether oxygens (including phenoxy) is 2. The maximum atomic E-state index is 9.86. The molecule has 0 amide bonds. The number of hydrogen-bond donors (Lipinski definition) is 2. The van der Waals surface area contributed by atoms with Crippen LogP contribution in [-0.2, 0) is 43.0 Å². The Bertz CT molecular complexity index is 176. The van der Waals surface area contributed by atoms with Gasteiger partial charge in [0.1, 0.15) is 0 Å². The number of carbonyl (C=O) groups excluding carboxylic acids is 1. The van der Waals surface area contributed by atoms with Gasteiger partial charge in [-0.25, -0.2) is 14.4 Å². The summed E-state index contributed by atoms with van der Waals surface area (Å²) in [6.45, 7) is 0. The molecule has 0 heterocycles. The molecule has 0 saturated carbocycles. The number of carboxylic acid groups (broad SMARTS) is 2. The Labute approximate surface area is 146 Å². The zero-order chi connectivity index (χ0) is 8.15. The monoisotopic (exact) mass is 316 g/mol. The van der Waals surface area contributed by atoms with E-state index in [1.807, 2.05) is 0 Å². The fourth-order valence-electron chi connectivity index (χ4n) is 0.163. The van der Waals surface area contributed by atoms with Gasteiger partial charge in [-0.2, -0.15) is 0 Å². The van der Waals surface area contributed by atoms with E-state index in [4.69, 9.17) is 10.2 Å². The summed E-state index contributed by atoms with van der Waals surface area (Å²) in [6, 6.07) is 0. The molecule has 0 spiro atoms. The molecule has 0 aliphatic heterocycles. The Morgan fingerprint density at radius 1 is 0.857 bits per heavy atom. The van der Waals surface area contributed by atoms with Crippen LogP contribution in [-0.4, -0.2) is 28.7 Å². The molecule has 2 radical (unpaired) electrons. The molecule has 14 heavy (non-hydrogen) atoms. The van der Waals surface area contributed by atoms with Crippen LogP contribution in [0, 0.1) is 0 Å². The van der Waals surface area contributed by atoms with E-state index in [0.717, 1.165) is 0 Å². The zero-order valence-corrected chi connectivity index (χ0v) is 13.2. The van der Waals surface area contributed by atoms with Gasteiger partial charge in [0.05, 0.1) is 0 Å². The average molecular weight is 316 g/mol. The van der Waals surface area contributed by atoms with Crippen LogP contribution in [0.5, 0.6) is 0 Å². The van der Waals surface area contributed by atoms with E-state index in [9.17, 15) is 14.4 Å². The SMILES string of the molecule is O=C(O)OC(=O)OC(=O)O.[Co].[Co].[H-].[H-].[Na+].[Na+]. The maximum Gasteiger partial charge on any atom is 1.00 e. The van der Waals surface area contributed by atoms with E-state index < -0.39 is 18.5 Å². The first kappa shape index (κ1) is 29.5. The topological polar surface area (TPSA) is 110 Å². The molecular formula is C3H4Co2Na2O7. The van der Waals surface area contributed by atoms with Crippen molar-refractivity contribution in [3.63, 3.8) is 0 Å². The Balaban J connectivity index is -0.0000000270. The Hall–Kier alpha value is 1.22. The summed E-state index contributed by atoms with van der Waals surface area (Å²) in [5.41, 5.74) is 0. The molecule has 0 aromatic rings. The van der Waals surface area contributed by atoms with Crippen LogP contribution in [0.4, 0.5) is 14.4 Å². The van der Waals surface area contributed by atoms with Gasteiger partial charge in [-0.05, 0) is 0 Å². The number of rotatable bonds is 0. The van der Waals surface area contributed by atoms with Crippen LogP contribution >= 0.6 is 0 Å². The molecule has 0 bridgehead atoms. The molecule has 2 N–H and O–H groups in total. The third-order valence-corrected chi connectivity index (χ3v) is 0.341. The summed E-state index contributed by atoms with van der Waals surface area (Å²) in [5, 5.41) is 15.4. The van der Waals surface area contributed by atoms with Crippen molar-refractivity contribution < 1.29 is 130 Å². The molecular weight excluding hydrogens is 312 g/mol. The van der Waals surface area contributed by atoms with Crippen LogP contribution < -0.4 is 59.1 Å². The Kier molecular flexibility index (Phi) is 35.0. The fourth-order valence-corrected chi connectivity index (χ4v) is 0.163. The van der Waals surface area contributed by atoms with Crippen molar-refractivity contribution in [3.05, 3.63) is 0 Å². The van der Waals surface area contributed by atoms with E-state index in [0.29, 0.717) is 0 Å². The van der Waals surface area contributed by atoms with Crippen molar-refractivity contribution in [3.8, 4) is 0 Å². The largest absolute Gasteiger partial charge is 1.00 e. The second-order valence-corrected chi connectivity index (χ2v) is 0.986. The summed E-state index contributed by atoms with van der Waals surface area (Å²) in [7, 11) is 0. The Morgan fingerprint density at radius 3 is 1.21 bits per heavy atom. The smallest absolute Gasteiger partial charge is 1.00 e. The van der Waals surface area contributed by atoms with Crippen LogP contribution in [0.3, 0.4) is 0 Å². The fraction of sp³-hybridized carbons (Fsp3) is 0. The first-order chi connectivity index (χ1) is 4.52. The summed E-state index contributed by atoms with van der Waals surface area (Å²) in [4.78, 5) is 28.8. The van der Waals surface area contributed by atoms with Crippen LogP contribution in [0.2, 0.25) is 0 Å². The molecule has 7 nitrogen and oxygen atoms in total. The van der Waals surface area contributed by atoms with Gasteiger partial charge < -0.3 is 22.5 Å². The quantitative estimate of drug-likeness (QED) is 0.261. The van der Waals surface area contributed by atoms with Crippen molar-refractivity contribution >= 4 is 18.5 Å². The molecule has 0 aromatic heterocycles. The minimum Gasteiger partial charge on any atom is -1.00 e. The Morgan fingerprint density at radius 2 is 1.07 bits per heavy atom. The van der Waals surface area contributed by atoms with E-state index in [-0.39, 0.29) is 95.5 Å². The second-order valence-electron chi connectivity index (χ2n) is 0.986. The minimum atomic E-state index is -1.92. The van der Waals surface area contributed by atoms with Crippen LogP contribution in [0.25, 0.3) is 0 Å². The van der Waals surface area contributed by atoms with Crippen molar-refractivity contribution in [2.24, 2.45) is 0 Å². The van der Waals surface area contributed by atoms with Crippen molar-refractivity contribution in [2.75, 3.05) is 0 Å². The first-order valence-corrected chi connectivity index (χ1v) is 1.88. The average Bonchev–Trinajstić information content (AvgIpc) is 1.58. The summed E-state index contributed by atoms with van der Waals surface area (Å²) in [5.74, 6) is 0. The third kappa shape index (κ3) is 23.2. The third-order valence-electron chi connectivity index (χ3n) is 0.341. The molecule has 0 aliphatic rings. The molecule has 0 fully saturated rings. The summed E-state index contributed by atoms with van der Waals surface area (Å²) in [6.07, 6.45) is -5.64. The standard InChI is InChI=1S/C3H2O7.2Co.2Na.2H/c4-1(5)9-3(8)10-2(6)7;;;;;;/h(H,4,5)(H,6,7);;;;;;/q;;;2*+1;2*-1. The van der Waals surface area contributed by atoms with E-state index in [1.54, 1.807) is 0 Å². The molecule has 78 valence electrons.